The molecule has 1 aromatic carbocycles. The Bertz CT molecular complexity index is 685. The molecule has 6 heteroatoms. The average molecular weight is 276 g/mol. The molecule has 0 radical (unpaired) electrons. The molecule has 20 heavy (non-hydrogen) atoms. The molecule has 0 aliphatic rings. The minimum Gasteiger partial charge on any atom is -0.497 e. The zero-order valence-corrected chi connectivity index (χ0v) is 11.3. The number of nitrogens with zero attached hydrogens (tertiary/aromatic N) is 1. The van der Waals surface area contributed by atoms with Crippen LogP contribution in [-0.2, 0) is 17.6 Å². The van der Waals surface area contributed by atoms with Crippen molar-refractivity contribution in [1.29, 1.82) is 0 Å². The number of aromatic amines is 1. The van der Waals surface area contributed by atoms with Crippen molar-refractivity contribution in [3.63, 3.8) is 0 Å². The van der Waals surface area contributed by atoms with Gasteiger partial charge in [-0.15, -0.1) is 0 Å². The second-order valence-corrected chi connectivity index (χ2v) is 4.34. The maximum absolute atomic E-state index is 12.3. The highest BCUT2D eigenvalue weighted by atomic mass is 16.5. The third-order valence-electron chi connectivity index (χ3n) is 3.07. The van der Waals surface area contributed by atoms with E-state index in [1.807, 2.05) is 6.92 Å². The summed E-state index contributed by atoms with van der Waals surface area (Å²) in [5.74, 6) is -0.393. The summed E-state index contributed by atoms with van der Waals surface area (Å²) >= 11 is 0. The van der Waals surface area contributed by atoms with Crippen LogP contribution in [0, 0.1) is 0 Å². The van der Waals surface area contributed by atoms with Crippen molar-refractivity contribution in [3.8, 4) is 11.4 Å². The van der Waals surface area contributed by atoms with Crippen molar-refractivity contribution in [3.05, 3.63) is 45.9 Å². The van der Waals surface area contributed by atoms with Gasteiger partial charge in [0.1, 0.15) is 5.75 Å². The first kappa shape index (κ1) is 13.9. The van der Waals surface area contributed by atoms with Crippen molar-refractivity contribution in [1.82, 2.24) is 9.78 Å². The molecule has 0 unspecified atom stereocenters. The Hall–Kier alpha value is -2.50. The van der Waals surface area contributed by atoms with Gasteiger partial charge in [-0.25, -0.2) is 4.68 Å². The van der Waals surface area contributed by atoms with Gasteiger partial charge >= 0.3 is 5.97 Å². The fourth-order valence-electron chi connectivity index (χ4n) is 2.07. The van der Waals surface area contributed by atoms with Gasteiger partial charge in [0.15, 0.2) is 0 Å². The van der Waals surface area contributed by atoms with E-state index in [1.165, 1.54) is 4.68 Å². The highest BCUT2D eigenvalue weighted by Gasteiger charge is 2.16. The normalized spacial score (nSPS) is 10.5. The summed E-state index contributed by atoms with van der Waals surface area (Å²) in [6, 6.07) is 7.01. The van der Waals surface area contributed by atoms with Crippen LogP contribution in [-0.4, -0.2) is 28.0 Å². The van der Waals surface area contributed by atoms with Crippen LogP contribution >= 0.6 is 0 Å². The topological polar surface area (TPSA) is 84.3 Å². The standard InChI is InChI=1S/C14H16N2O4/c1-3-12-11(8-13(17)18)14(19)16(15-12)9-5-4-6-10(7-9)20-2/h4-7,15H,3,8H2,1-2H3,(H,17,18). The van der Waals surface area contributed by atoms with Gasteiger partial charge in [0.05, 0.1) is 24.8 Å². The molecule has 0 amide bonds. The number of aliphatic carboxylic acids is 1. The van der Waals surface area contributed by atoms with E-state index in [1.54, 1.807) is 31.4 Å². The molecule has 2 aromatic rings. The Morgan fingerprint density at radius 1 is 1.45 bits per heavy atom. The van der Waals surface area contributed by atoms with Crippen molar-refractivity contribution < 1.29 is 14.6 Å². The van der Waals surface area contributed by atoms with E-state index in [0.29, 0.717) is 29.1 Å². The Kier molecular flexibility index (Phi) is 3.93. The summed E-state index contributed by atoms with van der Waals surface area (Å²) in [5, 5.41) is 11.8. The first-order chi connectivity index (χ1) is 9.56. The van der Waals surface area contributed by atoms with Gasteiger partial charge in [-0.3, -0.25) is 14.7 Å². The maximum atomic E-state index is 12.3. The molecule has 0 atom stereocenters. The third-order valence-corrected chi connectivity index (χ3v) is 3.07. The number of methoxy groups -OCH3 is 1. The lowest BCUT2D eigenvalue weighted by atomic mass is 10.1. The SMILES string of the molecule is CCc1[nH]n(-c2cccc(OC)c2)c(=O)c1CC(=O)O. The van der Waals surface area contributed by atoms with Crippen molar-refractivity contribution in [2.75, 3.05) is 7.11 Å². The molecule has 1 heterocycles. The number of aromatic nitrogens is 2. The van der Waals surface area contributed by atoms with Crippen molar-refractivity contribution >= 4 is 5.97 Å². The Labute approximate surface area is 115 Å². The van der Waals surface area contributed by atoms with Gasteiger partial charge in [0, 0.05) is 11.8 Å². The van der Waals surface area contributed by atoms with Crippen LogP contribution in [0.2, 0.25) is 0 Å². The smallest absolute Gasteiger partial charge is 0.308 e. The predicted octanol–water partition coefficient (Wildman–Crippen LogP) is 1.36. The highest BCUT2D eigenvalue weighted by Crippen LogP contribution is 2.16. The molecule has 2 rings (SSSR count). The first-order valence-corrected chi connectivity index (χ1v) is 6.25. The molecule has 2 N–H and O–H groups in total. The first-order valence-electron chi connectivity index (χ1n) is 6.25. The minimum atomic E-state index is -1.02. The molecular formula is C14H16N2O4. The maximum Gasteiger partial charge on any atom is 0.308 e. The Morgan fingerprint density at radius 2 is 2.20 bits per heavy atom. The van der Waals surface area contributed by atoms with Crippen molar-refractivity contribution in [2.24, 2.45) is 0 Å². The molecule has 0 aliphatic carbocycles. The molecule has 0 saturated heterocycles. The summed E-state index contributed by atoms with van der Waals surface area (Å²) in [5.41, 5.74) is 1.21. The summed E-state index contributed by atoms with van der Waals surface area (Å²) in [6.07, 6.45) is 0.282. The number of nitrogens with one attached hydrogen (secondary N) is 1. The third kappa shape index (κ3) is 2.59. The molecule has 0 bridgehead atoms. The van der Waals surface area contributed by atoms with E-state index in [4.69, 9.17) is 9.84 Å². The summed E-state index contributed by atoms with van der Waals surface area (Å²) in [7, 11) is 1.55. The van der Waals surface area contributed by atoms with E-state index >= 15 is 0 Å². The highest BCUT2D eigenvalue weighted by molar-refractivity contribution is 5.70. The number of carbonyl (C=O) groups is 1. The molecule has 0 fully saturated rings. The zero-order chi connectivity index (χ0) is 14.7. The van der Waals surface area contributed by atoms with E-state index < -0.39 is 5.97 Å². The molecule has 1 aromatic heterocycles. The molecule has 0 spiro atoms. The number of benzene rings is 1. The van der Waals surface area contributed by atoms with Gasteiger partial charge in [0.2, 0.25) is 0 Å². The van der Waals surface area contributed by atoms with Crippen LogP contribution in [0.1, 0.15) is 18.2 Å². The van der Waals surface area contributed by atoms with E-state index in [9.17, 15) is 9.59 Å². The van der Waals surface area contributed by atoms with Gasteiger partial charge < -0.3 is 9.84 Å². The van der Waals surface area contributed by atoms with Crippen molar-refractivity contribution in [2.45, 2.75) is 19.8 Å². The Morgan fingerprint density at radius 3 is 2.80 bits per heavy atom. The lowest BCUT2D eigenvalue weighted by Gasteiger charge is -2.04. The van der Waals surface area contributed by atoms with Gasteiger partial charge in [0.25, 0.3) is 5.56 Å². The molecule has 0 aliphatic heterocycles. The van der Waals surface area contributed by atoms with Crippen LogP contribution in [0.3, 0.4) is 0 Å². The van der Waals surface area contributed by atoms with E-state index in [-0.39, 0.29) is 12.0 Å². The number of hydrogen-bond acceptors (Lipinski definition) is 3. The largest absolute Gasteiger partial charge is 0.497 e. The van der Waals surface area contributed by atoms with E-state index in [2.05, 4.69) is 5.10 Å². The molecule has 106 valence electrons. The number of H-pyrrole nitrogens is 1. The average Bonchev–Trinajstić information content (AvgIpc) is 2.75. The minimum absolute atomic E-state index is 0.282. The number of ether oxygens (including phenoxy) is 1. The second-order valence-electron chi connectivity index (χ2n) is 4.34. The molecular weight excluding hydrogens is 260 g/mol. The van der Waals surface area contributed by atoms with Gasteiger partial charge in [-0.05, 0) is 18.6 Å². The van der Waals surface area contributed by atoms with Gasteiger partial charge in [-0.1, -0.05) is 13.0 Å². The zero-order valence-electron chi connectivity index (χ0n) is 11.3. The molecule has 6 nitrogen and oxygen atoms in total. The summed E-state index contributed by atoms with van der Waals surface area (Å²) < 4.78 is 6.47. The van der Waals surface area contributed by atoms with Crippen LogP contribution in [0.25, 0.3) is 5.69 Å². The van der Waals surface area contributed by atoms with Crippen LogP contribution < -0.4 is 10.3 Å². The molecule has 0 saturated carbocycles. The number of carboxylic acids is 1. The number of rotatable bonds is 5. The summed E-state index contributed by atoms with van der Waals surface area (Å²) in [6.45, 7) is 1.87. The fraction of sp³-hybridized carbons (Fsp3) is 0.286. The lowest BCUT2D eigenvalue weighted by molar-refractivity contribution is -0.136. The fourth-order valence-corrected chi connectivity index (χ4v) is 2.07. The Balaban J connectivity index is 2.54. The number of hydrogen-bond donors (Lipinski definition) is 2. The van der Waals surface area contributed by atoms with Crippen LogP contribution in [0.4, 0.5) is 0 Å². The number of carboxylic acid groups (broad SMARTS) is 1. The van der Waals surface area contributed by atoms with E-state index in [0.717, 1.165) is 0 Å². The quantitative estimate of drug-likeness (QED) is 0.863. The number of aryl methyl sites for hydroxylation is 1. The predicted molar refractivity (Wildman–Crippen MR) is 73.7 cm³/mol. The van der Waals surface area contributed by atoms with Crippen LogP contribution in [0.15, 0.2) is 29.1 Å². The van der Waals surface area contributed by atoms with Gasteiger partial charge in [-0.2, -0.15) is 0 Å². The summed E-state index contributed by atoms with van der Waals surface area (Å²) in [4.78, 5) is 23.2. The monoisotopic (exact) mass is 276 g/mol. The second kappa shape index (κ2) is 5.64. The van der Waals surface area contributed by atoms with Crippen LogP contribution in [0.5, 0.6) is 5.75 Å². The lowest BCUT2D eigenvalue weighted by Crippen LogP contribution is -2.19.